The number of amides is 2. The van der Waals surface area contributed by atoms with Crippen LogP contribution in [0.4, 0.5) is 4.79 Å². The van der Waals surface area contributed by atoms with E-state index in [9.17, 15) is 4.79 Å². The summed E-state index contributed by atoms with van der Waals surface area (Å²) in [6.45, 7) is 6.22. The molecule has 0 spiro atoms. The average molecular weight is 368 g/mol. The third kappa shape index (κ3) is 3.99. The highest BCUT2D eigenvalue weighted by molar-refractivity contribution is 5.74. The van der Waals surface area contributed by atoms with E-state index in [1.165, 1.54) is 0 Å². The Bertz CT molecular complexity index is 931. The summed E-state index contributed by atoms with van der Waals surface area (Å²) in [5.41, 5.74) is 4.64. The molecular weight excluding hydrogens is 344 g/mol. The molecule has 27 heavy (non-hydrogen) atoms. The topological polar surface area (TPSA) is 89.1 Å². The molecule has 0 saturated heterocycles. The van der Waals surface area contributed by atoms with Crippen LogP contribution in [-0.2, 0) is 13.6 Å². The molecule has 3 aromatic rings. The highest BCUT2D eigenvalue weighted by atomic mass is 16.5. The number of aromatic nitrogens is 4. The Morgan fingerprint density at radius 2 is 2.04 bits per heavy atom. The van der Waals surface area contributed by atoms with Gasteiger partial charge in [-0.1, -0.05) is 5.16 Å². The van der Waals surface area contributed by atoms with Crippen LogP contribution in [0, 0.1) is 13.8 Å². The van der Waals surface area contributed by atoms with E-state index < -0.39 is 0 Å². The molecule has 3 aromatic heterocycles. The highest BCUT2D eigenvalue weighted by Gasteiger charge is 2.20. The van der Waals surface area contributed by atoms with Gasteiger partial charge in [0, 0.05) is 49.4 Å². The van der Waals surface area contributed by atoms with E-state index in [-0.39, 0.29) is 12.1 Å². The minimum atomic E-state index is -0.188. The molecule has 0 aliphatic rings. The van der Waals surface area contributed by atoms with Crippen LogP contribution in [-0.4, -0.2) is 37.9 Å². The van der Waals surface area contributed by atoms with Crippen molar-refractivity contribution in [1.82, 2.24) is 30.1 Å². The van der Waals surface area contributed by atoms with Gasteiger partial charge in [-0.3, -0.25) is 9.67 Å². The Morgan fingerprint density at radius 1 is 1.33 bits per heavy atom. The van der Waals surface area contributed by atoms with Crippen LogP contribution in [0.15, 0.2) is 35.1 Å². The van der Waals surface area contributed by atoms with Gasteiger partial charge in [0.2, 0.25) is 0 Å². The first kappa shape index (κ1) is 18.6. The van der Waals surface area contributed by atoms with Crippen LogP contribution in [0.5, 0.6) is 0 Å². The zero-order chi connectivity index (χ0) is 19.6. The van der Waals surface area contributed by atoms with Gasteiger partial charge in [-0.2, -0.15) is 5.10 Å². The zero-order valence-corrected chi connectivity index (χ0v) is 16.2. The van der Waals surface area contributed by atoms with Crippen molar-refractivity contribution in [3.63, 3.8) is 0 Å². The predicted octanol–water partition coefficient (Wildman–Crippen LogP) is 2.99. The van der Waals surface area contributed by atoms with Crippen LogP contribution in [0.3, 0.4) is 0 Å². The minimum absolute atomic E-state index is 0.143. The predicted molar refractivity (Wildman–Crippen MR) is 101 cm³/mol. The second kappa shape index (κ2) is 7.61. The fraction of sp³-hybridized carbons (Fsp3) is 0.368. The fourth-order valence-corrected chi connectivity index (χ4v) is 3.14. The molecule has 3 rings (SSSR count). The molecule has 0 aromatic carbocycles. The lowest BCUT2D eigenvalue weighted by molar-refractivity contribution is 0.197. The molecule has 0 radical (unpaired) electrons. The summed E-state index contributed by atoms with van der Waals surface area (Å²) < 4.78 is 7.19. The molecule has 1 atom stereocenters. The van der Waals surface area contributed by atoms with Crippen LogP contribution in [0.2, 0.25) is 0 Å². The van der Waals surface area contributed by atoms with Gasteiger partial charge in [0.25, 0.3) is 0 Å². The average Bonchev–Trinajstić information content (AvgIpc) is 3.20. The minimum Gasteiger partial charge on any atom is -0.359 e. The number of pyridine rings is 1. The molecule has 0 fully saturated rings. The number of nitrogens with one attached hydrogen (secondary N) is 1. The number of aryl methyl sites for hydroxylation is 2. The molecule has 0 aliphatic carbocycles. The summed E-state index contributed by atoms with van der Waals surface area (Å²) in [5.74, 6) is 0.612. The quantitative estimate of drug-likeness (QED) is 0.748. The molecule has 8 heteroatoms. The lowest BCUT2D eigenvalue weighted by Gasteiger charge is -2.21. The summed E-state index contributed by atoms with van der Waals surface area (Å²) >= 11 is 0. The number of nitrogens with zero attached hydrogens (tertiary/aromatic N) is 5. The van der Waals surface area contributed by atoms with E-state index in [1.807, 2.05) is 50.7 Å². The summed E-state index contributed by atoms with van der Waals surface area (Å²) in [7, 11) is 3.62. The molecule has 0 saturated carbocycles. The molecule has 0 unspecified atom stereocenters. The normalized spacial score (nSPS) is 12.0. The highest BCUT2D eigenvalue weighted by Crippen LogP contribution is 2.21. The van der Waals surface area contributed by atoms with Gasteiger partial charge >= 0.3 is 6.03 Å². The van der Waals surface area contributed by atoms with Crippen molar-refractivity contribution in [2.75, 3.05) is 7.05 Å². The first-order valence-corrected chi connectivity index (χ1v) is 8.74. The molecule has 142 valence electrons. The molecule has 3 heterocycles. The monoisotopic (exact) mass is 368 g/mol. The van der Waals surface area contributed by atoms with Gasteiger partial charge in [-0.25, -0.2) is 4.79 Å². The van der Waals surface area contributed by atoms with E-state index in [4.69, 9.17) is 4.52 Å². The van der Waals surface area contributed by atoms with Gasteiger partial charge in [-0.05, 0) is 32.9 Å². The lowest BCUT2D eigenvalue weighted by Crippen LogP contribution is -2.38. The SMILES string of the molecule is Cc1nn(C)c(C)c1[C@@H](C)NC(=O)N(C)Cc1cc(-c2ccncc2)no1. The van der Waals surface area contributed by atoms with Gasteiger partial charge in [0.05, 0.1) is 18.3 Å². The number of carbonyl (C=O) groups excluding carboxylic acids is 1. The molecule has 0 aliphatic heterocycles. The van der Waals surface area contributed by atoms with Crippen LogP contribution < -0.4 is 5.32 Å². The van der Waals surface area contributed by atoms with Crippen molar-refractivity contribution in [1.29, 1.82) is 0 Å². The lowest BCUT2D eigenvalue weighted by atomic mass is 10.1. The molecule has 2 amide bonds. The van der Waals surface area contributed by atoms with Crippen molar-refractivity contribution in [3.8, 4) is 11.3 Å². The summed E-state index contributed by atoms with van der Waals surface area (Å²) in [6.07, 6.45) is 3.40. The van der Waals surface area contributed by atoms with Gasteiger partial charge in [-0.15, -0.1) is 0 Å². The number of rotatable bonds is 5. The van der Waals surface area contributed by atoms with Crippen molar-refractivity contribution in [2.45, 2.75) is 33.4 Å². The molecule has 1 N–H and O–H groups in total. The molecule has 0 bridgehead atoms. The van der Waals surface area contributed by atoms with Crippen LogP contribution in [0.1, 0.15) is 35.7 Å². The largest absolute Gasteiger partial charge is 0.359 e. The summed E-state index contributed by atoms with van der Waals surface area (Å²) in [4.78, 5) is 18.1. The van der Waals surface area contributed by atoms with Gasteiger partial charge < -0.3 is 14.7 Å². The number of hydrogen-bond acceptors (Lipinski definition) is 5. The fourth-order valence-electron chi connectivity index (χ4n) is 3.14. The van der Waals surface area contributed by atoms with Gasteiger partial charge in [0.15, 0.2) is 5.76 Å². The number of carbonyl (C=O) groups is 1. The second-order valence-corrected chi connectivity index (χ2v) is 6.65. The van der Waals surface area contributed by atoms with E-state index in [2.05, 4.69) is 20.6 Å². The summed E-state index contributed by atoms with van der Waals surface area (Å²) in [5, 5.41) is 11.5. The maximum absolute atomic E-state index is 12.6. The Hall–Kier alpha value is -3.16. The molecule has 8 nitrogen and oxygen atoms in total. The number of hydrogen-bond donors (Lipinski definition) is 1. The van der Waals surface area contributed by atoms with E-state index in [1.54, 1.807) is 24.3 Å². The smallest absolute Gasteiger partial charge is 0.318 e. The van der Waals surface area contributed by atoms with Crippen LogP contribution >= 0.6 is 0 Å². The number of urea groups is 1. The van der Waals surface area contributed by atoms with E-state index in [0.717, 1.165) is 28.2 Å². The van der Waals surface area contributed by atoms with Crippen molar-refractivity contribution < 1.29 is 9.32 Å². The maximum Gasteiger partial charge on any atom is 0.318 e. The van der Waals surface area contributed by atoms with E-state index >= 15 is 0 Å². The van der Waals surface area contributed by atoms with E-state index in [0.29, 0.717) is 12.3 Å². The van der Waals surface area contributed by atoms with Crippen molar-refractivity contribution in [2.24, 2.45) is 7.05 Å². The second-order valence-electron chi connectivity index (χ2n) is 6.65. The van der Waals surface area contributed by atoms with Gasteiger partial charge in [0.1, 0.15) is 5.69 Å². The Labute approximate surface area is 158 Å². The summed E-state index contributed by atoms with van der Waals surface area (Å²) in [6, 6.07) is 5.22. The maximum atomic E-state index is 12.6. The third-order valence-electron chi connectivity index (χ3n) is 4.61. The first-order valence-electron chi connectivity index (χ1n) is 8.74. The Morgan fingerprint density at radius 3 is 2.67 bits per heavy atom. The van der Waals surface area contributed by atoms with Crippen molar-refractivity contribution >= 4 is 6.03 Å². The van der Waals surface area contributed by atoms with Crippen LogP contribution in [0.25, 0.3) is 11.3 Å². The van der Waals surface area contributed by atoms with Crippen molar-refractivity contribution in [3.05, 3.63) is 53.3 Å². The first-order chi connectivity index (χ1) is 12.9. The Kier molecular flexibility index (Phi) is 5.25. The Balaban J connectivity index is 1.63. The third-order valence-corrected chi connectivity index (χ3v) is 4.61. The molecular formula is C19H24N6O2. The standard InChI is InChI=1S/C19H24N6O2/c1-12(18-13(2)22-25(5)14(18)3)21-19(26)24(4)11-16-10-17(23-27-16)15-6-8-20-9-7-15/h6-10,12H,11H2,1-5H3,(H,21,26)/t12-/m1/s1. The zero-order valence-electron chi connectivity index (χ0n) is 16.2.